The minimum atomic E-state index is -0.453. The van der Waals surface area contributed by atoms with Crippen molar-refractivity contribution in [3.05, 3.63) is 35.4 Å². The molecule has 0 bridgehead atoms. The lowest BCUT2D eigenvalue weighted by Crippen LogP contribution is -2.19. The van der Waals surface area contributed by atoms with Crippen molar-refractivity contribution in [2.24, 2.45) is 0 Å². The van der Waals surface area contributed by atoms with Gasteiger partial charge in [-0.25, -0.2) is 0 Å². The summed E-state index contributed by atoms with van der Waals surface area (Å²) in [6.45, 7) is 2.60. The van der Waals surface area contributed by atoms with E-state index in [1.165, 1.54) is 0 Å². The van der Waals surface area contributed by atoms with Crippen LogP contribution in [0.25, 0.3) is 0 Å². The van der Waals surface area contributed by atoms with Crippen LogP contribution in [-0.2, 0) is 11.2 Å². The number of likely N-dealkylation sites (N-methyl/N-ethyl adjacent to an activating group) is 1. The van der Waals surface area contributed by atoms with E-state index in [1.807, 2.05) is 38.2 Å². The molecular weight excluding hydrogens is 202 g/mol. The van der Waals surface area contributed by atoms with E-state index in [4.69, 9.17) is 4.74 Å². The van der Waals surface area contributed by atoms with Gasteiger partial charge in [-0.15, -0.1) is 0 Å². The third kappa shape index (κ3) is 3.59. The van der Waals surface area contributed by atoms with Crippen LogP contribution in [-0.4, -0.2) is 31.9 Å². The maximum absolute atomic E-state index is 9.98. The molecule has 1 rings (SSSR count). The lowest BCUT2D eigenvalue weighted by Gasteiger charge is -2.17. The monoisotopic (exact) mass is 223 g/mol. The minimum absolute atomic E-state index is 0.169. The van der Waals surface area contributed by atoms with Gasteiger partial charge < -0.3 is 15.2 Å². The number of methoxy groups -OCH3 is 1. The van der Waals surface area contributed by atoms with Crippen LogP contribution in [0.15, 0.2) is 24.3 Å². The number of nitrogens with one attached hydrogen (secondary N) is 1. The van der Waals surface area contributed by atoms with Crippen molar-refractivity contribution in [3.63, 3.8) is 0 Å². The Kier molecular flexibility index (Phi) is 5.46. The van der Waals surface area contributed by atoms with E-state index in [-0.39, 0.29) is 6.10 Å². The SMILES string of the molecule is CNCC(O)c1ccccc1CC(C)OC. The average Bonchev–Trinajstić information content (AvgIpc) is 2.30. The summed E-state index contributed by atoms with van der Waals surface area (Å²) in [5.41, 5.74) is 2.14. The normalized spacial score (nSPS) is 14.8. The van der Waals surface area contributed by atoms with Crippen LogP contribution < -0.4 is 5.32 Å². The first-order valence-corrected chi connectivity index (χ1v) is 5.62. The second-order valence-electron chi connectivity index (χ2n) is 4.02. The number of benzene rings is 1. The Morgan fingerprint density at radius 2 is 2.06 bits per heavy atom. The highest BCUT2D eigenvalue weighted by molar-refractivity contribution is 5.29. The van der Waals surface area contributed by atoms with Crippen LogP contribution in [0.1, 0.15) is 24.2 Å². The summed E-state index contributed by atoms with van der Waals surface area (Å²) in [6, 6.07) is 7.96. The first kappa shape index (κ1) is 13.2. The third-order valence-corrected chi connectivity index (χ3v) is 2.72. The summed E-state index contributed by atoms with van der Waals surface area (Å²) in [5.74, 6) is 0. The average molecular weight is 223 g/mol. The highest BCUT2D eigenvalue weighted by Gasteiger charge is 2.12. The largest absolute Gasteiger partial charge is 0.387 e. The van der Waals surface area contributed by atoms with Gasteiger partial charge in [0.2, 0.25) is 0 Å². The standard InChI is InChI=1S/C13H21NO2/c1-10(16-3)8-11-6-4-5-7-12(11)13(15)9-14-2/h4-7,10,13-15H,8-9H2,1-3H3. The molecule has 0 aliphatic rings. The zero-order valence-electron chi connectivity index (χ0n) is 10.2. The first-order chi connectivity index (χ1) is 7.69. The quantitative estimate of drug-likeness (QED) is 0.768. The second kappa shape index (κ2) is 6.63. The minimum Gasteiger partial charge on any atom is -0.387 e. The molecule has 0 aliphatic carbocycles. The summed E-state index contributed by atoms with van der Waals surface area (Å²) in [5, 5.41) is 13.0. The second-order valence-corrected chi connectivity index (χ2v) is 4.02. The smallest absolute Gasteiger partial charge is 0.0916 e. The number of rotatable bonds is 6. The zero-order valence-corrected chi connectivity index (χ0v) is 10.2. The number of ether oxygens (including phenoxy) is 1. The molecule has 3 nitrogen and oxygen atoms in total. The van der Waals surface area contributed by atoms with Crippen LogP contribution in [0.5, 0.6) is 0 Å². The van der Waals surface area contributed by atoms with Gasteiger partial charge in [-0.1, -0.05) is 24.3 Å². The molecule has 0 heterocycles. The Balaban J connectivity index is 2.82. The molecule has 0 saturated carbocycles. The Labute approximate surface area is 97.4 Å². The molecular formula is C13H21NO2. The molecule has 0 saturated heterocycles. The van der Waals surface area contributed by atoms with Crippen LogP contribution in [0.4, 0.5) is 0 Å². The fraction of sp³-hybridized carbons (Fsp3) is 0.538. The van der Waals surface area contributed by atoms with E-state index >= 15 is 0 Å². The van der Waals surface area contributed by atoms with Crippen LogP contribution in [0.2, 0.25) is 0 Å². The molecule has 3 heteroatoms. The van der Waals surface area contributed by atoms with Crippen molar-refractivity contribution in [2.75, 3.05) is 20.7 Å². The molecule has 0 aromatic heterocycles. The van der Waals surface area contributed by atoms with Crippen molar-refractivity contribution < 1.29 is 9.84 Å². The van der Waals surface area contributed by atoms with Crippen LogP contribution >= 0.6 is 0 Å². The van der Waals surface area contributed by atoms with E-state index in [9.17, 15) is 5.11 Å². The van der Waals surface area contributed by atoms with Gasteiger partial charge in [-0.3, -0.25) is 0 Å². The number of aliphatic hydroxyl groups excluding tert-OH is 1. The van der Waals surface area contributed by atoms with E-state index < -0.39 is 6.10 Å². The van der Waals surface area contributed by atoms with Gasteiger partial charge >= 0.3 is 0 Å². The van der Waals surface area contributed by atoms with Gasteiger partial charge in [-0.05, 0) is 31.5 Å². The Hall–Kier alpha value is -0.900. The molecule has 16 heavy (non-hydrogen) atoms. The fourth-order valence-corrected chi connectivity index (χ4v) is 1.74. The number of aliphatic hydroxyl groups is 1. The Morgan fingerprint density at radius 3 is 2.69 bits per heavy atom. The number of hydrogen-bond acceptors (Lipinski definition) is 3. The summed E-state index contributed by atoms with van der Waals surface area (Å²) in [4.78, 5) is 0. The summed E-state index contributed by atoms with van der Waals surface area (Å²) in [7, 11) is 3.54. The van der Waals surface area contributed by atoms with E-state index in [0.29, 0.717) is 6.54 Å². The predicted molar refractivity (Wildman–Crippen MR) is 65.5 cm³/mol. The maximum atomic E-state index is 9.98. The van der Waals surface area contributed by atoms with Crippen molar-refractivity contribution in [2.45, 2.75) is 25.6 Å². The van der Waals surface area contributed by atoms with E-state index in [0.717, 1.165) is 17.5 Å². The zero-order chi connectivity index (χ0) is 12.0. The Bertz CT molecular complexity index is 315. The van der Waals surface area contributed by atoms with Crippen molar-refractivity contribution >= 4 is 0 Å². The molecule has 1 aromatic rings. The van der Waals surface area contributed by atoms with Crippen molar-refractivity contribution in [3.8, 4) is 0 Å². The van der Waals surface area contributed by atoms with Crippen molar-refractivity contribution in [1.29, 1.82) is 0 Å². The number of hydrogen-bond donors (Lipinski definition) is 2. The Morgan fingerprint density at radius 1 is 1.38 bits per heavy atom. The molecule has 0 radical (unpaired) electrons. The van der Waals surface area contributed by atoms with Gasteiger partial charge in [-0.2, -0.15) is 0 Å². The maximum Gasteiger partial charge on any atom is 0.0916 e. The van der Waals surface area contributed by atoms with Gasteiger partial charge in [0.25, 0.3) is 0 Å². The molecule has 0 fully saturated rings. The summed E-state index contributed by atoms with van der Waals surface area (Å²) >= 11 is 0. The lowest BCUT2D eigenvalue weighted by molar-refractivity contribution is 0.117. The molecule has 2 unspecified atom stereocenters. The molecule has 0 spiro atoms. The molecule has 0 aliphatic heterocycles. The highest BCUT2D eigenvalue weighted by Crippen LogP contribution is 2.19. The van der Waals surface area contributed by atoms with E-state index in [2.05, 4.69) is 5.32 Å². The van der Waals surface area contributed by atoms with Crippen LogP contribution in [0, 0.1) is 0 Å². The third-order valence-electron chi connectivity index (χ3n) is 2.72. The van der Waals surface area contributed by atoms with Gasteiger partial charge in [0.1, 0.15) is 0 Å². The molecule has 2 atom stereocenters. The summed E-state index contributed by atoms with van der Waals surface area (Å²) < 4.78 is 5.25. The first-order valence-electron chi connectivity index (χ1n) is 5.62. The molecule has 0 amide bonds. The van der Waals surface area contributed by atoms with Gasteiger partial charge in [0.05, 0.1) is 12.2 Å². The predicted octanol–water partition coefficient (Wildman–Crippen LogP) is 1.52. The summed E-state index contributed by atoms with van der Waals surface area (Å²) in [6.07, 6.45) is 0.543. The van der Waals surface area contributed by atoms with Crippen molar-refractivity contribution in [1.82, 2.24) is 5.32 Å². The molecule has 1 aromatic carbocycles. The van der Waals surface area contributed by atoms with Gasteiger partial charge in [0.15, 0.2) is 0 Å². The highest BCUT2D eigenvalue weighted by atomic mass is 16.5. The molecule has 2 N–H and O–H groups in total. The molecule has 90 valence electrons. The van der Waals surface area contributed by atoms with Gasteiger partial charge in [0, 0.05) is 13.7 Å². The van der Waals surface area contributed by atoms with E-state index in [1.54, 1.807) is 7.11 Å². The van der Waals surface area contributed by atoms with Crippen LogP contribution in [0.3, 0.4) is 0 Å². The topological polar surface area (TPSA) is 41.5 Å². The fourth-order valence-electron chi connectivity index (χ4n) is 1.74. The lowest BCUT2D eigenvalue weighted by atomic mass is 9.98.